The lowest BCUT2D eigenvalue weighted by Crippen LogP contribution is -2.13. The SMILES string of the molecule is Cc1ccc(C(N)=O)c(C)c1-c1cnc2[nH]cc(C(=O)CC(C)C)c2n1. The van der Waals surface area contributed by atoms with Gasteiger partial charge in [0.1, 0.15) is 5.52 Å². The zero-order valence-electron chi connectivity index (χ0n) is 15.4. The number of nitrogens with one attached hydrogen (secondary N) is 1. The molecule has 0 bridgehead atoms. The van der Waals surface area contributed by atoms with Gasteiger partial charge in [0.2, 0.25) is 5.91 Å². The van der Waals surface area contributed by atoms with Gasteiger partial charge < -0.3 is 10.7 Å². The summed E-state index contributed by atoms with van der Waals surface area (Å²) >= 11 is 0. The quantitative estimate of drug-likeness (QED) is 0.687. The maximum atomic E-state index is 12.5. The fourth-order valence-electron chi connectivity index (χ4n) is 3.21. The topological polar surface area (TPSA) is 102 Å². The molecule has 1 aromatic carbocycles. The lowest BCUT2D eigenvalue weighted by molar-refractivity contribution is 0.0967. The molecule has 0 unspecified atom stereocenters. The number of fused-ring (bicyclic) bond motifs is 1. The van der Waals surface area contributed by atoms with Crippen LogP contribution < -0.4 is 5.73 Å². The van der Waals surface area contributed by atoms with E-state index in [0.29, 0.717) is 34.4 Å². The summed E-state index contributed by atoms with van der Waals surface area (Å²) in [6.07, 6.45) is 3.77. The van der Waals surface area contributed by atoms with Gasteiger partial charge in [-0.2, -0.15) is 0 Å². The van der Waals surface area contributed by atoms with Gasteiger partial charge >= 0.3 is 0 Å². The molecule has 2 heterocycles. The Morgan fingerprint density at radius 2 is 1.92 bits per heavy atom. The van der Waals surface area contributed by atoms with Gasteiger partial charge in [-0.25, -0.2) is 9.97 Å². The lowest BCUT2D eigenvalue weighted by atomic mass is 9.95. The Morgan fingerprint density at radius 3 is 2.58 bits per heavy atom. The number of rotatable bonds is 5. The molecule has 3 rings (SSSR count). The number of hydrogen-bond donors (Lipinski definition) is 2. The van der Waals surface area contributed by atoms with E-state index in [1.54, 1.807) is 18.5 Å². The highest BCUT2D eigenvalue weighted by Crippen LogP contribution is 2.29. The molecule has 0 aliphatic carbocycles. The molecule has 3 N–H and O–H groups in total. The lowest BCUT2D eigenvalue weighted by Gasteiger charge is -2.12. The first-order chi connectivity index (χ1) is 12.3. The van der Waals surface area contributed by atoms with Crippen LogP contribution in [0.15, 0.2) is 24.5 Å². The van der Waals surface area contributed by atoms with Crippen molar-refractivity contribution < 1.29 is 9.59 Å². The summed E-state index contributed by atoms with van der Waals surface area (Å²) < 4.78 is 0. The first-order valence-corrected chi connectivity index (χ1v) is 8.57. The number of aromatic amines is 1. The van der Waals surface area contributed by atoms with Crippen molar-refractivity contribution in [1.29, 1.82) is 0 Å². The highest BCUT2D eigenvalue weighted by atomic mass is 16.1. The van der Waals surface area contributed by atoms with Crippen LogP contribution >= 0.6 is 0 Å². The van der Waals surface area contributed by atoms with Crippen molar-refractivity contribution in [3.05, 3.63) is 46.8 Å². The van der Waals surface area contributed by atoms with Crippen molar-refractivity contribution in [1.82, 2.24) is 15.0 Å². The van der Waals surface area contributed by atoms with Crippen molar-refractivity contribution >= 4 is 22.9 Å². The number of aromatic nitrogens is 3. The predicted molar refractivity (Wildman–Crippen MR) is 101 cm³/mol. The number of H-pyrrole nitrogens is 1. The first kappa shape index (κ1) is 17.8. The van der Waals surface area contributed by atoms with E-state index in [4.69, 9.17) is 5.73 Å². The van der Waals surface area contributed by atoms with Gasteiger partial charge in [-0.3, -0.25) is 9.59 Å². The second kappa shape index (κ2) is 6.71. The molecular weight excluding hydrogens is 328 g/mol. The smallest absolute Gasteiger partial charge is 0.248 e. The number of amides is 1. The highest BCUT2D eigenvalue weighted by molar-refractivity contribution is 6.06. The number of nitrogens with two attached hydrogens (primary N) is 1. The summed E-state index contributed by atoms with van der Waals surface area (Å²) in [4.78, 5) is 36.3. The molecule has 26 heavy (non-hydrogen) atoms. The van der Waals surface area contributed by atoms with E-state index in [1.165, 1.54) is 0 Å². The van der Waals surface area contributed by atoms with Gasteiger partial charge in [-0.15, -0.1) is 0 Å². The fourth-order valence-corrected chi connectivity index (χ4v) is 3.21. The molecule has 0 saturated carbocycles. The van der Waals surface area contributed by atoms with E-state index in [0.717, 1.165) is 16.7 Å². The molecule has 2 aromatic heterocycles. The molecule has 0 aliphatic rings. The average molecular weight is 350 g/mol. The van der Waals surface area contributed by atoms with E-state index in [-0.39, 0.29) is 11.7 Å². The zero-order chi connectivity index (χ0) is 19.0. The van der Waals surface area contributed by atoms with E-state index in [2.05, 4.69) is 15.0 Å². The van der Waals surface area contributed by atoms with Gasteiger partial charge in [-0.05, 0) is 37.0 Å². The number of aryl methyl sites for hydroxylation is 1. The summed E-state index contributed by atoms with van der Waals surface area (Å²) in [5.41, 5.74) is 10.8. The summed E-state index contributed by atoms with van der Waals surface area (Å²) in [5, 5.41) is 0. The van der Waals surface area contributed by atoms with Crippen LogP contribution in [0, 0.1) is 19.8 Å². The van der Waals surface area contributed by atoms with Crippen molar-refractivity contribution in [3.63, 3.8) is 0 Å². The molecule has 1 amide bonds. The number of primary amides is 1. The molecule has 134 valence electrons. The third-order valence-corrected chi connectivity index (χ3v) is 4.47. The van der Waals surface area contributed by atoms with Gasteiger partial charge in [0.05, 0.1) is 17.5 Å². The maximum Gasteiger partial charge on any atom is 0.248 e. The minimum atomic E-state index is -0.479. The molecule has 0 spiro atoms. The monoisotopic (exact) mass is 350 g/mol. The Labute approximate surface area is 151 Å². The van der Waals surface area contributed by atoms with Gasteiger partial charge in [0.25, 0.3) is 0 Å². The Kier molecular flexibility index (Phi) is 4.59. The van der Waals surface area contributed by atoms with Crippen molar-refractivity contribution in [2.75, 3.05) is 0 Å². The number of Topliss-reactive ketones (excluding diaryl/α,β-unsaturated/α-hetero) is 1. The summed E-state index contributed by atoms with van der Waals surface area (Å²) in [6, 6.07) is 3.56. The predicted octanol–water partition coefficient (Wildman–Crippen LogP) is 3.57. The minimum absolute atomic E-state index is 0.0389. The summed E-state index contributed by atoms with van der Waals surface area (Å²) in [5.74, 6) is -0.176. The van der Waals surface area contributed by atoms with Crippen LogP contribution in [-0.2, 0) is 0 Å². The summed E-state index contributed by atoms with van der Waals surface area (Å²) in [7, 11) is 0. The zero-order valence-corrected chi connectivity index (χ0v) is 15.4. The molecule has 3 aromatic rings. The van der Waals surface area contributed by atoms with E-state index >= 15 is 0 Å². The third-order valence-electron chi connectivity index (χ3n) is 4.47. The number of hydrogen-bond acceptors (Lipinski definition) is 4. The third kappa shape index (κ3) is 3.10. The van der Waals surface area contributed by atoms with E-state index < -0.39 is 5.91 Å². The van der Waals surface area contributed by atoms with Crippen LogP contribution in [0.5, 0.6) is 0 Å². The van der Waals surface area contributed by atoms with E-state index in [9.17, 15) is 9.59 Å². The Hall–Kier alpha value is -3.02. The number of carbonyl (C=O) groups is 2. The number of benzene rings is 1. The minimum Gasteiger partial charge on any atom is -0.366 e. The fraction of sp³-hybridized carbons (Fsp3) is 0.300. The van der Waals surface area contributed by atoms with Crippen molar-refractivity contribution in [2.24, 2.45) is 11.7 Å². The largest absolute Gasteiger partial charge is 0.366 e. The number of nitrogens with zero attached hydrogens (tertiary/aromatic N) is 2. The molecular formula is C20H22N4O2. The number of carbonyl (C=O) groups excluding carboxylic acids is 2. The van der Waals surface area contributed by atoms with Gasteiger partial charge in [0, 0.05) is 23.7 Å². The van der Waals surface area contributed by atoms with Crippen LogP contribution in [0.1, 0.15) is 52.1 Å². The normalized spacial score (nSPS) is 11.3. The van der Waals surface area contributed by atoms with Crippen LogP contribution in [-0.4, -0.2) is 26.6 Å². The standard InChI is InChI=1S/C20H22N4O2/c1-10(2)7-16(25)14-8-22-20-18(14)24-15(9-23-20)17-11(3)5-6-13(12(17)4)19(21)26/h5-6,8-10H,7H2,1-4H3,(H2,21,26)(H,22,23). The molecule has 6 nitrogen and oxygen atoms in total. The van der Waals surface area contributed by atoms with Crippen LogP contribution in [0.25, 0.3) is 22.4 Å². The Bertz CT molecular complexity index is 1020. The van der Waals surface area contributed by atoms with Crippen LogP contribution in [0.4, 0.5) is 0 Å². The average Bonchev–Trinajstić information content (AvgIpc) is 2.97. The van der Waals surface area contributed by atoms with Gasteiger partial charge in [0.15, 0.2) is 11.4 Å². The van der Waals surface area contributed by atoms with Crippen molar-refractivity contribution in [2.45, 2.75) is 34.1 Å². The molecule has 6 heteroatoms. The van der Waals surface area contributed by atoms with Crippen molar-refractivity contribution in [3.8, 4) is 11.3 Å². The van der Waals surface area contributed by atoms with E-state index in [1.807, 2.05) is 33.8 Å². The second-order valence-corrected chi connectivity index (χ2v) is 6.97. The molecule has 0 aliphatic heterocycles. The molecule has 0 fully saturated rings. The Balaban J connectivity index is 2.17. The van der Waals surface area contributed by atoms with Crippen LogP contribution in [0.3, 0.4) is 0 Å². The second-order valence-electron chi connectivity index (χ2n) is 6.97. The van der Waals surface area contributed by atoms with Crippen LogP contribution in [0.2, 0.25) is 0 Å². The molecule has 0 radical (unpaired) electrons. The molecule has 0 saturated heterocycles. The van der Waals surface area contributed by atoms with Gasteiger partial charge in [-0.1, -0.05) is 19.9 Å². The Morgan fingerprint density at radius 1 is 1.19 bits per heavy atom. The first-order valence-electron chi connectivity index (χ1n) is 8.57. The number of ketones is 1. The highest BCUT2D eigenvalue weighted by Gasteiger charge is 2.18. The maximum absolute atomic E-state index is 12.5. The summed E-state index contributed by atoms with van der Waals surface area (Å²) in [6.45, 7) is 7.80. The molecule has 0 atom stereocenters.